The highest BCUT2D eigenvalue weighted by Gasteiger charge is 2.41. The molecule has 0 radical (unpaired) electrons. The summed E-state index contributed by atoms with van der Waals surface area (Å²) in [6.45, 7) is 12.5. The molecule has 1 saturated heterocycles. The Kier molecular flexibility index (Phi) is 4.63. The van der Waals surface area contributed by atoms with Crippen LogP contribution in [0.4, 0.5) is 0 Å². The van der Waals surface area contributed by atoms with E-state index in [9.17, 15) is 0 Å². The lowest BCUT2D eigenvalue weighted by atomic mass is 9.78. The molecule has 0 aromatic carbocycles. The van der Waals surface area contributed by atoms with Crippen molar-refractivity contribution in [3.05, 3.63) is 0 Å². The van der Waals surface area contributed by atoms with Crippen LogP contribution in [0.3, 0.4) is 0 Å². The summed E-state index contributed by atoms with van der Waals surface area (Å²) in [7, 11) is 0. The van der Waals surface area contributed by atoms with Crippen LogP contribution in [-0.4, -0.2) is 49.3 Å². The molecule has 0 unspecified atom stereocenters. The number of hydrogen-bond donors (Lipinski definition) is 1. The molecule has 3 heteroatoms. The molecule has 3 rings (SSSR count). The molecule has 122 valence electrons. The van der Waals surface area contributed by atoms with Crippen LogP contribution in [0.25, 0.3) is 0 Å². The maximum atomic E-state index is 5.66. The predicted octanol–water partition coefficient (Wildman–Crippen LogP) is 3.05. The summed E-state index contributed by atoms with van der Waals surface area (Å²) in [6.07, 6.45) is 8.27. The van der Waals surface area contributed by atoms with E-state index in [4.69, 9.17) is 4.74 Å². The van der Waals surface area contributed by atoms with Crippen molar-refractivity contribution in [1.82, 2.24) is 10.2 Å². The standard InChI is InChI=1S/C18H34N2O/c1-17(2,3)19-13-18(8-10-21-11-9-18)14-20(16-6-7-16)12-15-4-5-15/h15-16,19H,4-14H2,1-3H3. The molecular formula is C18H34N2O. The van der Waals surface area contributed by atoms with E-state index in [-0.39, 0.29) is 5.54 Å². The number of rotatable bonds is 7. The van der Waals surface area contributed by atoms with Crippen molar-refractivity contribution in [2.75, 3.05) is 32.8 Å². The Balaban J connectivity index is 1.62. The van der Waals surface area contributed by atoms with E-state index in [1.165, 1.54) is 51.6 Å². The number of ether oxygens (including phenoxy) is 1. The minimum absolute atomic E-state index is 0.214. The normalized spacial score (nSPS) is 26.3. The molecule has 3 fully saturated rings. The van der Waals surface area contributed by atoms with Crippen LogP contribution in [0.5, 0.6) is 0 Å². The zero-order chi connectivity index (χ0) is 14.9. The topological polar surface area (TPSA) is 24.5 Å². The Morgan fingerprint density at radius 1 is 1.10 bits per heavy atom. The summed E-state index contributed by atoms with van der Waals surface area (Å²) in [5.41, 5.74) is 0.648. The van der Waals surface area contributed by atoms with Crippen LogP contribution in [0.2, 0.25) is 0 Å². The van der Waals surface area contributed by atoms with Gasteiger partial charge in [0.2, 0.25) is 0 Å². The smallest absolute Gasteiger partial charge is 0.0472 e. The minimum Gasteiger partial charge on any atom is -0.381 e. The molecule has 0 bridgehead atoms. The van der Waals surface area contributed by atoms with Crippen molar-refractivity contribution in [1.29, 1.82) is 0 Å². The maximum absolute atomic E-state index is 5.66. The molecule has 3 aliphatic rings. The second kappa shape index (κ2) is 6.17. The highest BCUT2D eigenvalue weighted by molar-refractivity contribution is 4.95. The van der Waals surface area contributed by atoms with Gasteiger partial charge in [-0.15, -0.1) is 0 Å². The molecule has 2 aliphatic carbocycles. The van der Waals surface area contributed by atoms with Crippen LogP contribution in [-0.2, 0) is 4.74 Å². The average molecular weight is 294 g/mol. The van der Waals surface area contributed by atoms with E-state index in [1.54, 1.807) is 0 Å². The molecule has 21 heavy (non-hydrogen) atoms. The van der Waals surface area contributed by atoms with Crippen molar-refractivity contribution >= 4 is 0 Å². The van der Waals surface area contributed by atoms with E-state index in [1.807, 2.05) is 0 Å². The SMILES string of the molecule is CC(C)(C)NCC1(CN(CC2CC2)C2CC2)CCOCC1. The first-order chi connectivity index (χ1) is 9.96. The van der Waals surface area contributed by atoms with Gasteiger partial charge in [-0.3, -0.25) is 4.90 Å². The van der Waals surface area contributed by atoms with Crippen LogP contribution in [0.1, 0.15) is 59.3 Å². The highest BCUT2D eigenvalue weighted by atomic mass is 16.5. The predicted molar refractivity (Wildman–Crippen MR) is 87.6 cm³/mol. The Hall–Kier alpha value is -0.120. The number of nitrogens with one attached hydrogen (secondary N) is 1. The third-order valence-corrected chi connectivity index (χ3v) is 5.34. The fourth-order valence-corrected chi connectivity index (χ4v) is 3.49. The molecule has 0 atom stereocenters. The Bertz CT molecular complexity index is 336. The van der Waals surface area contributed by atoms with E-state index in [0.29, 0.717) is 5.41 Å². The van der Waals surface area contributed by atoms with Gasteiger partial charge in [-0.2, -0.15) is 0 Å². The van der Waals surface area contributed by atoms with Gasteiger partial charge >= 0.3 is 0 Å². The third-order valence-electron chi connectivity index (χ3n) is 5.34. The first-order valence-electron chi connectivity index (χ1n) is 9.03. The van der Waals surface area contributed by atoms with Crippen LogP contribution in [0, 0.1) is 11.3 Å². The summed E-state index contributed by atoms with van der Waals surface area (Å²) in [5, 5.41) is 3.78. The van der Waals surface area contributed by atoms with Gasteiger partial charge in [-0.05, 0) is 70.6 Å². The molecule has 0 spiro atoms. The Labute approximate surface area is 130 Å². The lowest BCUT2D eigenvalue weighted by molar-refractivity contribution is -0.00927. The Morgan fingerprint density at radius 2 is 1.76 bits per heavy atom. The number of hydrogen-bond acceptors (Lipinski definition) is 3. The van der Waals surface area contributed by atoms with Gasteiger partial charge in [-0.1, -0.05) is 0 Å². The summed E-state index contributed by atoms with van der Waals surface area (Å²) < 4.78 is 5.66. The van der Waals surface area contributed by atoms with E-state index >= 15 is 0 Å². The van der Waals surface area contributed by atoms with Gasteiger partial charge in [0.05, 0.1) is 0 Å². The summed E-state index contributed by atoms with van der Waals surface area (Å²) >= 11 is 0. The zero-order valence-electron chi connectivity index (χ0n) is 14.3. The van der Waals surface area contributed by atoms with Crippen molar-refractivity contribution in [2.24, 2.45) is 11.3 Å². The third kappa shape index (κ3) is 4.94. The van der Waals surface area contributed by atoms with Crippen molar-refractivity contribution < 1.29 is 4.74 Å². The molecule has 1 heterocycles. The van der Waals surface area contributed by atoms with Crippen molar-refractivity contribution in [3.8, 4) is 0 Å². The van der Waals surface area contributed by atoms with Crippen molar-refractivity contribution in [2.45, 2.75) is 70.9 Å². The largest absolute Gasteiger partial charge is 0.381 e. The average Bonchev–Trinajstić information content (AvgIpc) is 3.28. The van der Waals surface area contributed by atoms with Crippen molar-refractivity contribution in [3.63, 3.8) is 0 Å². The van der Waals surface area contributed by atoms with Gasteiger partial charge in [0, 0.05) is 44.4 Å². The van der Waals surface area contributed by atoms with Crippen LogP contribution >= 0.6 is 0 Å². The maximum Gasteiger partial charge on any atom is 0.0472 e. The molecular weight excluding hydrogens is 260 g/mol. The van der Waals surface area contributed by atoms with Gasteiger partial charge < -0.3 is 10.1 Å². The lowest BCUT2D eigenvalue weighted by Crippen LogP contribution is -2.51. The second-order valence-electron chi connectivity index (χ2n) is 8.82. The summed E-state index contributed by atoms with van der Waals surface area (Å²) in [6, 6.07) is 0.903. The molecule has 0 amide bonds. The van der Waals surface area contributed by atoms with Gasteiger partial charge in [-0.25, -0.2) is 0 Å². The van der Waals surface area contributed by atoms with E-state index < -0.39 is 0 Å². The monoisotopic (exact) mass is 294 g/mol. The quantitative estimate of drug-likeness (QED) is 0.781. The first-order valence-corrected chi connectivity index (χ1v) is 9.03. The fraction of sp³-hybridized carbons (Fsp3) is 1.00. The fourth-order valence-electron chi connectivity index (χ4n) is 3.49. The molecule has 2 saturated carbocycles. The van der Waals surface area contributed by atoms with Gasteiger partial charge in [0.15, 0.2) is 0 Å². The summed E-state index contributed by atoms with van der Waals surface area (Å²) in [5.74, 6) is 1.01. The molecule has 1 aliphatic heterocycles. The zero-order valence-corrected chi connectivity index (χ0v) is 14.3. The molecule has 1 N–H and O–H groups in total. The Morgan fingerprint density at radius 3 is 2.29 bits per heavy atom. The van der Waals surface area contributed by atoms with Gasteiger partial charge in [0.1, 0.15) is 0 Å². The van der Waals surface area contributed by atoms with Gasteiger partial charge in [0.25, 0.3) is 0 Å². The highest BCUT2D eigenvalue weighted by Crippen LogP contribution is 2.39. The number of nitrogens with zero attached hydrogens (tertiary/aromatic N) is 1. The first kappa shape index (κ1) is 15.8. The molecule has 0 aromatic rings. The molecule has 0 aromatic heterocycles. The second-order valence-corrected chi connectivity index (χ2v) is 8.82. The van der Waals surface area contributed by atoms with Crippen LogP contribution < -0.4 is 5.32 Å². The molecule has 3 nitrogen and oxygen atoms in total. The summed E-state index contributed by atoms with van der Waals surface area (Å²) in [4.78, 5) is 2.84. The van der Waals surface area contributed by atoms with E-state index in [0.717, 1.165) is 31.7 Å². The lowest BCUT2D eigenvalue weighted by Gasteiger charge is -2.43. The van der Waals surface area contributed by atoms with Crippen LogP contribution in [0.15, 0.2) is 0 Å². The minimum atomic E-state index is 0.214. The van der Waals surface area contributed by atoms with E-state index in [2.05, 4.69) is 31.0 Å².